The van der Waals surface area contributed by atoms with Gasteiger partial charge in [0.1, 0.15) is 5.75 Å². The van der Waals surface area contributed by atoms with Crippen molar-refractivity contribution < 1.29 is 27.4 Å². The normalized spacial score (nSPS) is 19.2. The van der Waals surface area contributed by atoms with Gasteiger partial charge in [0.05, 0.1) is 31.1 Å². The van der Waals surface area contributed by atoms with Crippen molar-refractivity contribution in [2.75, 3.05) is 12.4 Å². The van der Waals surface area contributed by atoms with Crippen molar-refractivity contribution in [2.45, 2.75) is 50.6 Å². The van der Waals surface area contributed by atoms with Crippen LogP contribution in [0.3, 0.4) is 0 Å². The fourth-order valence-corrected chi connectivity index (χ4v) is 3.39. The number of aromatic nitrogens is 1. The number of hydrogen-bond donors (Lipinski definition) is 2. The highest BCUT2D eigenvalue weighted by Gasteiger charge is 2.31. The van der Waals surface area contributed by atoms with Gasteiger partial charge in [0.15, 0.2) is 0 Å². The summed E-state index contributed by atoms with van der Waals surface area (Å²) in [6.45, 7) is 0.515. The summed E-state index contributed by atoms with van der Waals surface area (Å²) < 4.78 is 49.8. The first-order valence-electron chi connectivity index (χ1n) is 9.68. The molecule has 2 aromatic rings. The van der Waals surface area contributed by atoms with Crippen LogP contribution < -0.4 is 15.4 Å². The van der Waals surface area contributed by atoms with Gasteiger partial charge in [0.25, 0.3) is 0 Å². The molecule has 2 amide bonds. The number of hydrogen-bond acceptors (Lipinski definition) is 4. The fourth-order valence-electron chi connectivity index (χ4n) is 3.39. The fraction of sp³-hybridized carbons (Fsp3) is 0.429. The van der Waals surface area contributed by atoms with Gasteiger partial charge in [0, 0.05) is 18.4 Å². The Balaban J connectivity index is 1.48. The first-order valence-corrected chi connectivity index (χ1v) is 9.68. The van der Waals surface area contributed by atoms with Crippen molar-refractivity contribution in [3.8, 4) is 5.75 Å². The molecule has 1 saturated carbocycles. The number of urea groups is 1. The van der Waals surface area contributed by atoms with E-state index >= 15 is 0 Å². The molecule has 3 rings (SSSR count). The van der Waals surface area contributed by atoms with Crippen molar-refractivity contribution in [1.29, 1.82) is 0 Å². The summed E-state index contributed by atoms with van der Waals surface area (Å²) in [5.74, 6) is 0.159. The van der Waals surface area contributed by atoms with Crippen LogP contribution in [0.25, 0.3) is 0 Å². The maximum atomic E-state index is 12.9. The third-order valence-electron chi connectivity index (χ3n) is 5.02. The number of alkyl halides is 3. The van der Waals surface area contributed by atoms with Crippen LogP contribution in [0.5, 0.6) is 5.75 Å². The summed E-state index contributed by atoms with van der Waals surface area (Å²) in [5, 5.41) is 5.29. The zero-order chi connectivity index (χ0) is 21.6. The van der Waals surface area contributed by atoms with E-state index < -0.39 is 17.8 Å². The lowest BCUT2D eigenvalue weighted by Gasteiger charge is -2.29. The maximum Gasteiger partial charge on any atom is 0.416 e. The van der Waals surface area contributed by atoms with Gasteiger partial charge < -0.3 is 20.1 Å². The summed E-state index contributed by atoms with van der Waals surface area (Å²) in [4.78, 5) is 16.3. The van der Waals surface area contributed by atoms with Gasteiger partial charge in [-0.2, -0.15) is 13.2 Å². The van der Waals surface area contributed by atoms with Crippen LogP contribution in [-0.2, 0) is 17.5 Å². The molecule has 1 aromatic heterocycles. The number of anilines is 1. The van der Waals surface area contributed by atoms with Crippen LogP contribution >= 0.6 is 0 Å². The predicted molar refractivity (Wildman–Crippen MR) is 105 cm³/mol. The second kappa shape index (κ2) is 9.80. The number of carbonyl (C=O) groups excluding carboxylic acids is 1. The Bertz CT molecular complexity index is 838. The zero-order valence-electron chi connectivity index (χ0n) is 16.5. The van der Waals surface area contributed by atoms with E-state index in [4.69, 9.17) is 9.47 Å². The van der Waals surface area contributed by atoms with Crippen LogP contribution in [0.4, 0.5) is 23.7 Å². The van der Waals surface area contributed by atoms with E-state index in [1.807, 2.05) is 12.1 Å². The van der Waals surface area contributed by atoms with Crippen LogP contribution in [0.15, 0.2) is 42.7 Å². The topological polar surface area (TPSA) is 72.5 Å². The highest BCUT2D eigenvalue weighted by Crippen LogP contribution is 2.35. The molecule has 30 heavy (non-hydrogen) atoms. The van der Waals surface area contributed by atoms with E-state index in [1.54, 1.807) is 12.4 Å². The number of amides is 2. The van der Waals surface area contributed by atoms with Gasteiger partial charge >= 0.3 is 12.2 Å². The second-order valence-electron chi connectivity index (χ2n) is 7.15. The molecule has 0 spiro atoms. The summed E-state index contributed by atoms with van der Waals surface area (Å²) in [6, 6.07) is 6.14. The number of carbonyl (C=O) groups is 1. The maximum absolute atomic E-state index is 12.9. The number of rotatable bonds is 6. The summed E-state index contributed by atoms with van der Waals surface area (Å²) in [7, 11) is 1.33. The number of methoxy groups -OCH3 is 1. The van der Waals surface area contributed by atoms with Crippen LogP contribution in [0, 0.1) is 0 Å². The Kier molecular flexibility index (Phi) is 7.15. The largest absolute Gasteiger partial charge is 0.495 e. The van der Waals surface area contributed by atoms with Crippen molar-refractivity contribution in [1.82, 2.24) is 10.3 Å². The van der Waals surface area contributed by atoms with Gasteiger partial charge in [-0.3, -0.25) is 4.98 Å². The lowest BCUT2D eigenvalue weighted by atomic mass is 9.93. The summed E-state index contributed by atoms with van der Waals surface area (Å²) in [5.41, 5.74) is 0.171. The van der Waals surface area contributed by atoms with Gasteiger partial charge in [-0.1, -0.05) is 0 Å². The Labute approximate surface area is 172 Å². The number of pyridine rings is 1. The lowest BCUT2D eigenvalue weighted by Crippen LogP contribution is -2.41. The molecular weight excluding hydrogens is 399 g/mol. The molecule has 1 aromatic carbocycles. The molecule has 0 saturated heterocycles. The van der Waals surface area contributed by atoms with Crippen molar-refractivity contribution >= 4 is 11.7 Å². The van der Waals surface area contributed by atoms with Crippen LogP contribution in [0.1, 0.15) is 36.8 Å². The molecule has 0 unspecified atom stereocenters. The lowest BCUT2D eigenvalue weighted by molar-refractivity contribution is -0.137. The number of halogens is 3. The van der Waals surface area contributed by atoms with Gasteiger partial charge in [-0.05, 0) is 61.6 Å². The van der Waals surface area contributed by atoms with Crippen molar-refractivity contribution in [3.05, 3.63) is 53.9 Å². The molecule has 0 atom stereocenters. The third-order valence-corrected chi connectivity index (χ3v) is 5.02. The minimum atomic E-state index is -4.51. The molecule has 0 bridgehead atoms. The molecule has 0 radical (unpaired) electrons. The first kappa shape index (κ1) is 21.9. The first-order chi connectivity index (χ1) is 14.3. The quantitative estimate of drug-likeness (QED) is 0.703. The molecular formula is C21H24F3N3O3. The Morgan fingerprint density at radius 1 is 1.13 bits per heavy atom. The Hall–Kier alpha value is -2.81. The van der Waals surface area contributed by atoms with Crippen molar-refractivity contribution in [3.63, 3.8) is 0 Å². The smallest absolute Gasteiger partial charge is 0.416 e. The predicted octanol–water partition coefficient (Wildman–Crippen LogP) is 4.76. The molecule has 0 aliphatic heterocycles. The molecule has 1 fully saturated rings. The van der Waals surface area contributed by atoms with E-state index in [2.05, 4.69) is 15.6 Å². The number of ether oxygens (including phenoxy) is 2. The van der Waals surface area contributed by atoms with Gasteiger partial charge in [-0.15, -0.1) is 0 Å². The average Bonchev–Trinajstić information content (AvgIpc) is 2.73. The molecule has 9 heteroatoms. The Morgan fingerprint density at radius 2 is 1.83 bits per heavy atom. The standard InChI is InChI=1S/C21H24F3N3O3/c1-29-19-7-2-15(21(22,23)24)12-18(19)27-20(28)26-16-3-5-17(6-4-16)30-13-14-8-10-25-11-9-14/h2,7-12,16-17H,3-6,13H2,1H3,(H2,26,27,28). The summed E-state index contributed by atoms with van der Waals surface area (Å²) in [6.07, 6.45) is 2.10. The zero-order valence-corrected chi connectivity index (χ0v) is 16.5. The highest BCUT2D eigenvalue weighted by atomic mass is 19.4. The van der Waals surface area contributed by atoms with Crippen LogP contribution in [0.2, 0.25) is 0 Å². The summed E-state index contributed by atoms with van der Waals surface area (Å²) >= 11 is 0. The monoisotopic (exact) mass is 423 g/mol. The van der Waals surface area contributed by atoms with E-state index in [0.717, 1.165) is 43.4 Å². The van der Waals surface area contributed by atoms with E-state index in [9.17, 15) is 18.0 Å². The van der Waals surface area contributed by atoms with Crippen LogP contribution in [-0.4, -0.2) is 30.3 Å². The van der Waals surface area contributed by atoms with Crippen molar-refractivity contribution in [2.24, 2.45) is 0 Å². The van der Waals surface area contributed by atoms with Gasteiger partial charge in [-0.25, -0.2) is 4.79 Å². The number of nitrogens with one attached hydrogen (secondary N) is 2. The average molecular weight is 423 g/mol. The molecule has 6 nitrogen and oxygen atoms in total. The molecule has 1 aliphatic carbocycles. The van der Waals surface area contributed by atoms with Gasteiger partial charge in [0.2, 0.25) is 0 Å². The minimum absolute atomic E-state index is 0.0285. The molecule has 1 aliphatic rings. The van der Waals surface area contributed by atoms with E-state index in [0.29, 0.717) is 6.61 Å². The number of nitrogens with zero attached hydrogens (tertiary/aromatic N) is 1. The third kappa shape index (κ3) is 6.09. The van der Waals surface area contributed by atoms with E-state index in [-0.39, 0.29) is 23.6 Å². The molecule has 1 heterocycles. The minimum Gasteiger partial charge on any atom is -0.495 e. The molecule has 2 N–H and O–H groups in total. The van der Waals surface area contributed by atoms with E-state index in [1.165, 1.54) is 13.2 Å². The Morgan fingerprint density at radius 3 is 2.47 bits per heavy atom. The molecule has 162 valence electrons. The highest BCUT2D eigenvalue weighted by molar-refractivity contribution is 5.91. The second-order valence-corrected chi connectivity index (χ2v) is 7.15. The number of benzene rings is 1. The SMILES string of the molecule is COc1ccc(C(F)(F)F)cc1NC(=O)NC1CCC(OCc2ccncc2)CC1.